The van der Waals surface area contributed by atoms with E-state index in [-0.39, 0.29) is 18.1 Å². The van der Waals surface area contributed by atoms with Gasteiger partial charge >= 0.3 is 0 Å². The van der Waals surface area contributed by atoms with Crippen molar-refractivity contribution in [1.82, 2.24) is 10.3 Å². The summed E-state index contributed by atoms with van der Waals surface area (Å²) in [6.45, 7) is 1.42. The van der Waals surface area contributed by atoms with Crippen molar-refractivity contribution < 1.29 is 14.3 Å². The van der Waals surface area contributed by atoms with Gasteiger partial charge in [-0.1, -0.05) is 6.07 Å². The van der Waals surface area contributed by atoms with E-state index in [2.05, 4.69) is 10.3 Å². The zero-order valence-corrected chi connectivity index (χ0v) is 13.8. The Morgan fingerprint density at radius 3 is 3.25 bits per heavy atom. The number of carbonyl (C=O) groups is 1. The SMILES string of the molecule is N#Cc1cccc(C(=O)NC2CCOCC2OCc2cscn2)c1. The third-order valence-electron chi connectivity index (χ3n) is 3.80. The van der Waals surface area contributed by atoms with Gasteiger partial charge in [-0.2, -0.15) is 5.26 Å². The second-order valence-corrected chi connectivity index (χ2v) is 6.18. The van der Waals surface area contributed by atoms with Crippen molar-refractivity contribution >= 4 is 17.2 Å². The molecule has 24 heavy (non-hydrogen) atoms. The first kappa shape index (κ1) is 16.6. The van der Waals surface area contributed by atoms with Gasteiger partial charge in [0.25, 0.3) is 5.91 Å². The molecule has 2 unspecified atom stereocenters. The predicted molar refractivity (Wildman–Crippen MR) is 88.5 cm³/mol. The first-order chi connectivity index (χ1) is 11.8. The highest BCUT2D eigenvalue weighted by atomic mass is 32.1. The van der Waals surface area contributed by atoms with Crippen LogP contribution in [-0.4, -0.2) is 36.3 Å². The van der Waals surface area contributed by atoms with Crippen molar-refractivity contribution in [2.24, 2.45) is 0 Å². The van der Waals surface area contributed by atoms with Crippen LogP contribution in [0.15, 0.2) is 35.2 Å². The number of carbonyl (C=O) groups excluding carboxylic acids is 1. The van der Waals surface area contributed by atoms with Crippen molar-refractivity contribution in [1.29, 1.82) is 5.26 Å². The van der Waals surface area contributed by atoms with E-state index >= 15 is 0 Å². The van der Waals surface area contributed by atoms with Crippen LogP contribution in [0.4, 0.5) is 0 Å². The van der Waals surface area contributed by atoms with Gasteiger partial charge in [-0.25, -0.2) is 4.98 Å². The van der Waals surface area contributed by atoms with Crippen LogP contribution in [0.3, 0.4) is 0 Å². The molecule has 1 aromatic heterocycles. The fraction of sp³-hybridized carbons (Fsp3) is 0.353. The lowest BCUT2D eigenvalue weighted by Gasteiger charge is -2.32. The standard InChI is InChI=1S/C17H17N3O3S/c18-7-12-2-1-3-13(6-12)17(21)20-15-4-5-22-9-16(15)23-8-14-10-24-11-19-14/h1-3,6,10-11,15-16H,4-5,8-9H2,(H,20,21). The zero-order chi connectivity index (χ0) is 16.8. The number of benzene rings is 1. The first-order valence-electron chi connectivity index (χ1n) is 7.63. The van der Waals surface area contributed by atoms with Crippen molar-refractivity contribution in [3.05, 3.63) is 52.0 Å². The summed E-state index contributed by atoms with van der Waals surface area (Å²) in [6, 6.07) is 8.56. The van der Waals surface area contributed by atoms with E-state index in [0.29, 0.717) is 37.4 Å². The number of ether oxygens (including phenoxy) is 2. The minimum absolute atomic E-state index is 0.129. The van der Waals surface area contributed by atoms with Crippen molar-refractivity contribution in [2.45, 2.75) is 25.2 Å². The number of nitrogens with one attached hydrogen (secondary N) is 1. The average molecular weight is 343 g/mol. The van der Waals surface area contributed by atoms with Crippen LogP contribution in [0.2, 0.25) is 0 Å². The summed E-state index contributed by atoms with van der Waals surface area (Å²) in [5.74, 6) is -0.207. The molecule has 7 heteroatoms. The molecule has 1 saturated heterocycles. The summed E-state index contributed by atoms with van der Waals surface area (Å²) < 4.78 is 11.3. The molecule has 0 saturated carbocycles. The molecule has 0 aliphatic carbocycles. The molecule has 1 aliphatic heterocycles. The van der Waals surface area contributed by atoms with Crippen LogP contribution >= 0.6 is 11.3 Å². The Morgan fingerprint density at radius 2 is 2.46 bits per heavy atom. The second-order valence-electron chi connectivity index (χ2n) is 5.47. The summed E-state index contributed by atoms with van der Waals surface area (Å²) in [4.78, 5) is 16.6. The van der Waals surface area contributed by atoms with E-state index in [9.17, 15) is 4.79 Å². The molecule has 3 rings (SSSR count). The Hall–Kier alpha value is -2.27. The van der Waals surface area contributed by atoms with Gasteiger partial charge in [-0.3, -0.25) is 4.79 Å². The van der Waals surface area contributed by atoms with Crippen LogP contribution in [-0.2, 0) is 16.1 Å². The van der Waals surface area contributed by atoms with Gasteiger partial charge in [0.15, 0.2) is 0 Å². The van der Waals surface area contributed by atoms with E-state index in [1.54, 1.807) is 29.8 Å². The normalized spacial score (nSPS) is 20.3. The lowest BCUT2D eigenvalue weighted by atomic mass is 10.0. The number of nitrogens with zero attached hydrogens (tertiary/aromatic N) is 2. The van der Waals surface area contributed by atoms with Gasteiger partial charge in [-0.05, 0) is 24.6 Å². The highest BCUT2D eigenvalue weighted by Crippen LogP contribution is 2.15. The Labute approximate surface area is 144 Å². The molecular weight excluding hydrogens is 326 g/mol. The van der Waals surface area contributed by atoms with Gasteiger partial charge in [0.1, 0.15) is 6.10 Å². The highest BCUT2D eigenvalue weighted by Gasteiger charge is 2.28. The third kappa shape index (κ3) is 4.17. The Balaban J connectivity index is 1.62. The van der Waals surface area contributed by atoms with Gasteiger partial charge in [0, 0.05) is 17.6 Å². The fourth-order valence-corrected chi connectivity index (χ4v) is 3.07. The van der Waals surface area contributed by atoms with Gasteiger partial charge in [0.05, 0.1) is 42.1 Å². The quantitative estimate of drug-likeness (QED) is 0.899. The van der Waals surface area contributed by atoms with Gasteiger partial charge < -0.3 is 14.8 Å². The Kier molecular flexibility index (Phi) is 5.54. The summed E-state index contributed by atoms with van der Waals surface area (Å²) in [5, 5.41) is 13.9. The number of hydrogen-bond donors (Lipinski definition) is 1. The molecule has 0 radical (unpaired) electrons. The first-order valence-corrected chi connectivity index (χ1v) is 8.58. The molecule has 1 aliphatic rings. The van der Waals surface area contributed by atoms with Crippen molar-refractivity contribution in [2.75, 3.05) is 13.2 Å². The number of aromatic nitrogens is 1. The van der Waals surface area contributed by atoms with Crippen LogP contribution in [0.5, 0.6) is 0 Å². The Bertz CT molecular complexity index is 727. The predicted octanol–water partition coefficient (Wildman–Crippen LogP) is 2.12. The number of hydrogen-bond acceptors (Lipinski definition) is 6. The largest absolute Gasteiger partial charge is 0.379 e. The van der Waals surface area contributed by atoms with E-state index < -0.39 is 0 Å². The third-order valence-corrected chi connectivity index (χ3v) is 4.44. The van der Waals surface area contributed by atoms with E-state index in [1.807, 2.05) is 11.4 Å². The molecule has 2 atom stereocenters. The fourth-order valence-electron chi connectivity index (χ4n) is 2.52. The monoisotopic (exact) mass is 343 g/mol. The topological polar surface area (TPSA) is 84.2 Å². The second kappa shape index (κ2) is 8.02. The van der Waals surface area contributed by atoms with E-state index in [0.717, 1.165) is 5.69 Å². The molecule has 2 heterocycles. The summed E-state index contributed by atoms with van der Waals surface area (Å²) in [5.41, 5.74) is 3.57. The number of thiazole rings is 1. The van der Waals surface area contributed by atoms with Crippen LogP contribution in [0.25, 0.3) is 0 Å². The smallest absolute Gasteiger partial charge is 0.251 e. The van der Waals surface area contributed by atoms with Gasteiger partial charge in [0.2, 0.25) is 0 Å². The molecule has 0 spiro atoms. The molecule has 0 bridgehead atoms. The minimum atomic E-state index is -0.219. The highest BCUT2D eigenvalue weighted by molar-refractivity contribution is 7.07. The maximum Gasteiger partial charge on any atom is 0.251 e. The van der Waals surface area contributed by atoms with E-state index in [1.165, 1.54) is 11.3 Å². The molecule has 1 aromatic carbocycles. The molecule has 124 valence electrons. The molecular formula is C17H17N3O3S. The molecule has 6 nitrogen and oxygen atoms in total. The molecule has 1 fully saturated rings. The van der Waals surface area contributed by atoms with Crippen LogP contribution in [0.1, 0.15) is 28.0 Å². The van der Waals surface area contributed by atoms with Crippen LogP contribution < -0.4 is 5.32 Å². The number of amides is 1. The summed E-state index contributed by atoms with van der Waals surface area (Å²) in [7, 11) is 0. The molecule has 1 amide bonds. The molecule has 2 aromatic rings. The number of rotatable bonds is 5. The zero-order valence-electron chi connectivity index (χ0n) is 13.0. The van der Waals surface area contributed by atoms with Crippen LogP contribution in [0, 0.1) is 11.3 Å². The maximum atomic E-state index is 12.4. The lowest BCUT2D eigenvalue weighted by molar-refractivity contribution is -0.0742. The maximum absolute atomic E-state index is 12.4. The molecule has 1 N–H and O–H groups in total. The van der Waals surface area contributed by atoms with Crippen molar-refractivity contribution in [3.8, 4) is 6.07 Å². The Morgan fingerprint density at radius 1 is 1.54 bits per heavy atom. The van der Waals surface area contributed by atoms with Crippen molar-refractivity contribution in [3.63, 3.8) is 0 Å². The van der Waals surface area contributed by atoms with Gasteiger partial charge in [-0.15, -0.1) is 11.3 Å². The lowest BCUT2D eigenvalue weighted by Crippen LogP contribution is -2.50. The average Bonchev–Trinajstić information content (AvgIpc) is 3.14. The summed E-state index contributed by atoms with van der Waals surface area (Å²) in [6.07, 6.45) is 0.467. The summed E-state index contributed by atoms with van der Waals surface area (Å²) >= 11 is 1.52. The number of nitriles is 1. The minimum Gasteiger partial charge on any atom is -0.379 e. The van der Waals surface area contributed by atoms with E-state index in [4.69, 9.17) is 14.7 Å².